The zero-order chi connectivity index (χ0) is 22.5. The molecular weight excluding hydrogens is 402 g/mol. The second-order valence-electron chi connectivity index (χ2n) is 6.66. The number of esters is 1. The quantitative estimate of drug-likeness (QED) is 0.580. The number of aryl methyl sites for hydroxylation is 1. The number of hydrogen-bond acceptors (Lipinski definition) is 7. The lowest BCUT2D eigenvalue weighted by Gasteiger charge is -2.14. The SMILES string of the molecule is CCOC(=O)c1cn(CC(=O)Nc2ccc(OC)cc2OC)c2nc(C)ccc2c1=O. The summed E-state index contributed by atoms with van der Waals surface area (Å²) in [5.74, 6) is -0.133. The van der Waals surface area contributed by atoms with E-state index in [0.29, 0.717) is 28.5 Å². The van der Waals surface area contributed by atoms with Crippen molar-refractivity contribution in [3.63, 3.8) is 0 Å². The average molecular weight is 425 g/mol. The molecule has 2 heterocycles. The first-order valence-electron chi connectivity index (χ1n) is 9.57. The molecule has 1 N–H and O–H groups in total. The molecule has 3 rings (SSSR count). The van der Waals surface area contributed by atoms with Crippen LogP contribution < -0.4 is 20.2 Å². The van der Waals surface area contributed by atoms with Crippen molar-refractivity contribution in [3.05, 3.63) is 58.0 Å². The summed E-state index contributed by atoms with van der Waals surface area (Å²) in [5, 5.41) is 2.99. The van der Waals surface area contributed by atoms with Gasteiger partial charge in [-0.15, -0.1) is 0 Å². The van der Waals surface area contributed by atoms with Crippen LogP contribution in [0.2, 0.25) is 0 Å². The lowest BCUT2D eigenvalue weighted by Crippen LogP contribution is -2.25. The van der Waals surface area contributed by atoms with E-state index < -0.39 is 17.3 Å². The molecule has 0 unspecified atom stereocenters. The van der Waals surface area contributed by atoms with Gasteiger partial charge < -0.3 is 24.1 Å². The molecule has 9 heteroatoms. The van der Waals surface area contributed by atoms with Gasteiger partial charge in [0.1, 0.15) is 29.3 Å². The van der Waals surface area contributed by atoms with Crippen molar-refractivity contribution >= 4 is 28.6 Å². The zero-order valence-corrected chi connectivity index (χ0v) is 17.7. The third kappa shape index (κ3) is 4.66. The Balaban J connectivity index is 1.99. The molecule has 0 fully saturated rings. The van der Waals surface area contributed by atoms with Gasteiger partial charge in [-0.25, -0.2) is 9.78 Å². The number of ether oxygens (including phenoxy) is 3. The van der Waals surface area contributed by atoms with Gasteiger partial charge in [-0.1, -0.05) is 0 Å². The van der Waals surface area contributed by atoms with Gasteiger partial charge >= 0.3 is 5.97 Å². The number of benzene rings is 1. The van der Waals surface area contributed by atoms with Crippen LogP contribution in [-0.4, -0.2) is 42.3 Å². The maximum atomic E-state index is 12.8. The summed E-state index contributed by atoms with van der Waals surface area (Å²) in [7, 11) is 3.02. The first-order valence-corrected chi connectivity index (χ1v) is 9.57. The minimum absolute atomic E-state index is 0.125. The Morgan fingerprint density at radius 1 is 1.13 bits per heavy atom. The molecule has 9 nitrogen and oxygen atoms in total. The van der Waals surface area contributed by atoms with Gasteiger partial charge in [0.15, 0.2) is 0 Å². The fraction of sp³-hybridized carbons (Fsp3) is 0.273. The topological polar surface area (TPSA) is 109 Å². The van der Waals surface area contributed by atoms with E-state index in [1.165, 1.54) is 25.0 Å². The Hall–Kier alpha value is -3.88. The van der Waals surface area contributed by atoms with Crippen LogP contribution in [0.5, 0.6) is 11.5 Å². The number of fused-ring (bicyclic) bond motifs is 1. The number of nitrogens with zero attached hydrogens (tertiary/aromatic N) is 2. The smallest absolute Gasteiger partial charge is 0.343 e. The fourth-order valence-corrected chi connectivity index (χ4v) is 3.08. The minimum atomic E-state index is -0.749. The molecule has 0 saturated heterocycles. The van der Waals surface area contributed by atoms with Crippen LogP contribution in [0.15, 0.2) is 41.3 Å². The van der Waals surface area contributed by atoms with Crippen molar-refractivity contribution in [2.75, 3.05) is 26.1 Å². The molecular formula is C22H23N3O6. The van der Waals surface area contributed by atoms with E-state index in [2.05, 4.69) is 10.3 Å². The van der Waals surface area contributed by atoms with Gasteiger partial charge in [0.25, 0.3) is 0 Å². The molecule has 1 amide bonds. The van der Waals surface area contributed by atoms with E-state index in [-0.39, 0.29) is 24.1 Å². The van der Waals surface area contributed by atoms with Crippen LogP contribution in [0.4, 0.5) is 5.69 Å². The van der Waals surface area contributed by atoms with E-state index in [1.54, 1.807) is 44.2 Å². The second-order valence-corrected chi connectivity index (χ2v) is 6.66. The van der Waals surface area contributed by atoms with Crippen LogP contribution in [0.1, 0.15) is 23.0 Å². The molecule has 0 bridgehead atoms. The number of carbonyl (C=O) groups is 2. The number of carbonyl (C=O) groups excluding carboxylic acids is 2. The van der Waals surface area contributed by atoms with Gasteiger partial charge in [-0.2, -0.15) is 0 Å². The number of pyridine rings is 2. The van der Waals surface area contributed by atoms with Crippen molar-refractivity contribution in [1.82, 2.24) is 9.55 Å². The van der Waals surface area contributed by atoms with Crippen LogP contribution in [0.25, 0.3) is 11.0 Å². The fourth-order valence-electron chi connectivity index (χ4n) is 3.08. The highest BCUT2D eigenvalue weighted by Gasteiger charge is 2.19. The van der Waals surface area contributed by atoms with Crippen molar-refractivity contribution in [2.24, 2.45) is 0 Å². The minimum Gasteiger partial charge on any atom is -0.497 e. The van der Waals surface area contributed by atoms with Crippen molar-refractivity contribution in [1.29, 1.82) is 0 Å². The molecule has 3 aromatic rings. The first kappa shape index (κ1) is 21.8. The molecule has 0 saturated carbocycles. The standard InChI is InChI=1S/C22H23N3O6/c1-5-31-22(28)16-11-25(21-15(20(16)27)8-6-13(2)23-21)12-19(26)24-17-9-7-14(29-3)10-18(17)30-4/h6-11H,5,12H2,1-4H3,(H,24,26). The summed E-state index contributed by atoms with van der Waals surface area (Å²) < 4.78 is 16.9. The Labute approximate surface area is 178 Å². The molecule has 31 heavy (non-hydrogen) atoms. The highest BCUT2D eigenvalue weighted by atomic mass is 16.5. The van der Waals surface area contributed by atoms with Gasteiger partial charge in [0.05, 0.1) is 31.9 Å². The summed E-state index contributed by atoms with van der Waals surface area (Å²) in [6, 6.07) is 8.26. The van der Waals surface area contributed by atoms with Crippen LogP contribution >= 0.6 is 0 Å². The van der Waals surface area contributed by atoms with Crippen molar-refractivity contribution < 1.29 is 23.8 Å². The Morgan fingerprint density at radius 3 is 2.58 bits per heavy atom. The van der Waals surface area contributed by atoms with Gasteiger partial charge in [-0.05, 0) is 38.1 Å². The molecule has 0 radical (unpaired) electrons. The Morgan fingerprint density at radius 2 is 1.90 bits per heavy atom. The van der Waals surface area contributed by atoms with Crippen LogP contribution in [-0.2, 0) is 16.1 Å². The van der Waals surface area contributed by atoms with Gasteiger partial charge in [0.2, 0.25) is 11.3 Å². The molecule has 0 spiro atoms. The first-order chi connectivity index (χ1) is 14.9. The molecule has 0 atom stereocenters. The molecule has 162 valence electrons. The van der Waals surface area contributed by atoms with E-state index >= 15 is 0 Å². The second kappa shape index (κ2) is 9.29. The van der Waals surface area contributed by atoms with Crippen LogP contribution in [0.3, 0.4) is 0 Å². The number of anilines is 1. The average Bonchev–Trinajstić information content (AvgIpc) is 2.75. The number of methoxy groups -OCH3 is 2. The summed E-state index contributed by atoms with van der Waals surface area (Å²) in [4.78, 5) is 42.2. The molecule has 0 aliphatic heterocycles. The third-order valence-electron chi connectivity index (χ3n) is 4.55. The molecule has 0 aliphatic rings. The normalized spacial score (nSPS) is 10.6. The molecule has 1 aromatic carbocycles. The van der Waals surface area contributed by atoms with E-state index in [1.807, 2.05) is 0 Å². The highest BCUT2D eigenvalue weighted by molar-refractivity contribution is 5.95. The molecule has 2 aromatic heterocycles. The maximum Gasteiger partial charge on any atom is 0.343 e. The van der Waals surface area contributed by atoms with E-state index in [0.717, 1.165) is 0 Å². The highest BCUT2D eigenvalue weighted by Crippen LogP contribution is 2.29. The monoisotopic (exact) mass is 425 g/mol. The summed E-state index contributed by atoms with van der Waals surface area (Å²) in [5.41, 5.74) is 0.773. The lowest BCUT2D eigenvalue weighted by molar-refractivity contribution is -0.116. The number of nitrogens with one attached hydrogen (secondary N) is 1. The number of hydrogen-bond donors (Lipinski definition) is 1. The number of aromatic nitrogens is 2. The van der Waals surface area contributed by atoms with E-state index in [9.17, 15) is 14.4 Å². The summed E-state index contributed by atoms with van der Waals surface area (Å²) in [6.45, 7) is 3.36. The predicted molar refractivity (Wildman–Crippen MR) is 115 cm³/mol. The Kier molecular flexibility index (Phi) is 6.54. The third-order valence-corrected chi connectivity index (χ3v) is 4.55. The van der Waals surface area contributed by atoms with Crippen molar-refractivity contribution in [3.8, 4) is 11.5 Å². The van der Waals surface area contributed by atoms with Crippen LogP contribution in [0, 0.1) is 6.92 Å². The lowest BCUT2D eigenvalue weighted by atomic mass is 10.2. The Bertz CT molecular complexity index is 1200. The number of rotatable bonds is 7. The van der Waals surface area contributed by atoms with Crippen molar-refractivity contribution in [2.45, 2.75) is 20.4 Å². The summed E-state index contributed by atoms with van der Waals surface area (Å²) in [6.07, 6.45) is 1.31. The summed E-state index contributed by atoms with van der Waals surface area (Å²) >= 11 is 0. The largest absolute Gasteiger partial charge is 0.497 e. The zero-order valence-electron chi connectivity index (χ0n) is 17.7. The van der Waals surface area contributed by atoms with E-state index in [4.69, 9.17) is 14.2 Å². The van der Waals surface area contributed by atoms with Gasteiger partial charge in [-0.3, -0.25) is 9.59 Å². The number of amides is 1. The maximum absolute atomic E-state index is 12.8. The predicted octanol–water partition coefficient (Wildman–Crippen LogP) is 2.54. The molecule has 0 aliphatic carbocycles. The van der Waals surface area contributed by atoms with Gasteiger partial charge in [0, 0.05) is 18.0 Å².